The smallest absolute Gasteiger partial charge is 0.278 e. The summed E-state index contributed by atoms with van der Waals surface area (Å²) in [6.45, 7) is 3.46. The van der Waals surface area contributed by atoms with Gasteiger partial charge in [-0.1, -0.05) is 0 Å². The third-order valence-corrected chi connectivity index (χ3v) is 3.65. The lowest BCUT2D eigenvalue weighted by molar-refractivity contribution is -0.383. The average Bonchev–Trinajstić information content (AvgIpc) is 2.85. The maximum Gasteiger partial charge on any atom is 0.278 e. The van der Waals surface area contributed by atoms with Crippen LogP contribution in [0.3, 0.4) is 0 Å². The molecule has 2 aromatic rings. The molecule has 1 aromatic carbocycles. The number of nitro groups is 1. The zero-order valence-electron chi connectivity index (χ0n) is 11.1. The summed E-state index contributed by atoms with van der Waals surface area (Å²) in [5.74, 6) is 0. The van der Waals surface area contributed by atoms with E-state index < -0.39 is 0 Å². The average molecular weight is 273 g/mol. The standard InChI is InChI=1S/C14H15N3O3/c1-14(5-7-20-9-14)16-12-2-3-13(17(18)19)11-8-15-6-4-10(11)12/h2-4,6,8,16H,5,7,9H2,1H3. The van der Waals surface area contributed by atoms with Crippen molar-refractivity contribution >= 4 is 22.1 Å². The molecular formula is C14H15N3O3. The molecule has 0 saturated carbocycles. The predicted octanol–water partition coefficient (Wildman–Crippen LogP) is 2.73. The number of fused-ring (bicyclic) bond motifs is 1. The Kier molecular flexibility index (Phi) is 3.02. The fourth-order valence-corrected chi connectivity index (χ4v) is 2.53. The van der Waals surface area contributed by atoms with E-state index in [1.165, 1.54) is 12.3 Å². The van der Waals surface area contributed by atoms with Gasteiger partial charge in [0.05, 0.1) is 22.5 Å². The van der Waals surface area contributed by atoms with E-state index in [0.29, 0.717) is 12.0 Å². The Morgan fingerprint density at radius 3 is 2.95 bits per heavy atom. The van der Waals surface area contributed by atoms with E-state index in [1.54, 1.807) is 18.3 Å². The molecule has 1 fully saturated rings. The monoisotopic (exact) mass is 273 g/mol. The van der Waals surface area contributed by atoms with Gasteiger partial charge < -0.3 is 10.1 Å². The van der Waals surface area contributed by atoms with Crippen LogP contribution >= 0.6 is 0 Å². The summed E-state index contributed by atoms with van der Waals surface area (Å²) in [5, 5.41) is 15.9. The molecule has 1 aromatic heterocycles. The summed E-state index contributed by atoms with van der Waals surface area (Å²) in [7, 11) is 0. The molecule has 0 radical (unpaired) electrons. The molecule has 2 heterocycles. The Labute approximate surface area is 115 Å². The van der Waals surface area contributed by atoms with Crippen molar-refractivity contribution in [1.82, 2.24) is 4.98 Å². The largest absolute Gasteiger partial charge is 0.379 e. The predicted molar refractivity (Wildman–Crippen MR) is 75.9 cm³/mol. The van der Waals surface area contributed by atoms with E-state index in [-0.39, 0.29) is 16.1 Å². The molecule has 1 aliphatic rings. The minimum atomic E-state index is -0.381. The van der Waals surface area contributed by atoms with Crippen LogP contribution < -0.4 is 5.32 Å². The first-order valence-corrected chi connectivity index (χ1v) is 6.46. The highest BCUT2D eigenvalue weighted by Gasteiger charge is 2.30. The quantitative estimate of drug-likeness (QED) is 0.687. The minimum Gasteiger partial charge on any atom is -0.379 e. The summed E-state index contributed by atoms with van der Waals surface area (Å²) in [5.41, 5.74) is 0.819. The summed E-state index contributed by atoms with van der Waals surface area (Å²) in [6, 6.07) is 5.07. The third kappa shape index (κ3) is 2.18. The zero-order valence-corrected chi connectivity index (χ0v) is 11.1. The summed E-state index contributed by atoms with van der Waals surface area (Å²) in [4.78, 5) is 14.7. The number of non-ortho nitro benzene ring substituents is 1. The van der Waals surface area contributed by atoms with Crippen LogP contribution in [0.2, 0.25) is 0 Å². The van der Waals surface area contributed by atoms with Crippen molar-refractivity contribution in [1.29, 1.82) is 0 Å². The molecule has 0 bridgehead atoms. The molecule has 6 heteroatoms. The van der Waals surface area contributed by atoms with Crippen LogP contribution in [0.5, 0.6) is 0 Å². The molecule has 20 heavy (non-hydrogen) atoms. The molecule has 3 rings (SSSR count). The third-order valence-electron chi connectivity index (χ3n) is 3.65. The minimum absolute atomic E-state index is 0.0754. The molecule has 104 valence electrons. The highest BCUT2D eigenvalue weighted by Crippen LogP contribution is 2.33. The van der Waals surface area contributed by atoms with Crippen LogP contribution in [0.4, 0.5) is 11.4 Å². The van der Waals surface area contributed by atoms with Gasteiger partial charge in [-0.25, -0.2) is 0 Å². The van der Waals surface area contributed by atoms with E-state index in [9.17, 15) is 10.1 Å². The van der Waals surface area contributed by atoms with Crippen LogP contribution in [0.15, 0.2) is 30.6 Å². The van der Waals surface area contributed by atoms with Gasteiger partial charge in [0.25, 0.3) is 5.69 Å². The van der Waals surface area contributed by atoms with Gasteiger partial charge in [0.1, 0.15) is 0 Å². The Bertz CT molecular complexity index is 666. The lowest BCUT2D eigenvalue weighted by atomic mass is 10.00. The van der Waals surface area contributed by atoms with Crippen LogP contribution in [0.25, 0.3) is 10.8 Å². The molecular weight excluding hydrogens is 258 g/mol. The number of aromatic nitrogens is 1. The molecule has 0 spiro atoms. The number of nitrogens with one attached hydrogen (secondary N) is 1. The van der Waals surface area contributed by atoms with Gasteiger partial charge in [-0.3, -0.25) is 15.1 Å². The van der Waals surface area contributed by atoms with E-state index >= 15 is 0 Å². The number of anilines is 1. The molecule has 0 amide bonds. The Morgan fingerprint density at radius 1 is 1.40 bits per heavy atom. The van der Waals surface area contributed by atoms with Crippen LogP contribution in [-0.2, 0) is 4.74 Å². The van der Waals surface area contributed by atoms with Crippen molar-refractivity contribution in [3.8, 4) is 0 Å². The zero-order chi connectivity index (χ0) is 14.2. The lowest BCUT2D eigenvalue weighted by Crippen LogP contribution is -2.34. The van der Waals surface area contributed by atoms with Gasteiger partial charge in [0.15, 0.2) is 0 Å². The Balaban J connectivity index is 2.08. The van der Waals surface area contributed by atoms with Crippen molar-refractivity contribution in [2.45, 2.75) is 18.9 Å². The molecule has 1 aliphatic heterocycles. The van der Waals surface area contributed by atoms with Crippen LogP contribution in [0, 0.1) is 10.1 Å². The summed E-state index contributed by atoms with van der Waals surface area (Å²) >= 11 is 0. The fraction of sp³-hybridized carbons (Fsp3) is 0.357. The van der Waals surface area contributed by atoms with Gasteiger partial charge in [0, 0.05) is 36.1 Å². The highest BCUT2D eigenvalue weighted by molar-refractivity contribution is 5.99. The number of hydrogen-bond donors (Lipinski definition) is 1. The summed E-state index contributed by atoms with van der Waals surface area (Å²) in [6.07, 6.45) is 4.09. The Morgan fingerprint density at radius 2 is 2.25 bits per heavy atom. The fourth-order valence-electron chi connectivity index (χ4n) is 2.53. The molecule has 1 atom stereocenters. The second-order valence-corrected chi connectivity index (χ2v) is 5.30. The second kappa shape index (κ2) is 4.72. The number of ether oxygens (including phenoxy) is 1. The van der Waals surface area contributed by atoms with Crippen molar-refractivity contribution in [2.75, 3.05) is 18.5 Å². The maximum atomic E-state index is 11.1. The number of hydrogen-bond acceptors (Lipinski definition) is 5. The number of benzene rings is 1. The molecule has 0 aliphatic carbocycles. The van der Waals surface area contributed by atoms with Crippen LogP contribution in [0.1, 0.15) is 13.3 Å². The van der Waals surface area contributed by atoms with Gasteiger partial charge in [-0.2, -0.15) is 0 Å². The van der Waals surface area contributed by atoms with Crippen molar-refractivity contribution in [2.24, 2.45) is 0 Å². The SMILES string of the molecule is CC1(Nc2ccc([N+](=O)[O-])c3cnccc23)CCOC1. The van der Waals surface area contributed by atoms with Crippen LogP contribution in [-0.4, -0.2) is 28.7 Å². The van der Waals surface area contributed by atoms with Crippen molar-refractivity contribution in [3.63, 3.8) is 0 Å². The van der Waals surface area contributed by atoms with E-state index in [1.807, 2.05) is 0 Å². The molecule has 1 N–H and O–H groups in total. The van der Waals surface area contributed by atoms with Crippen molar-refractivity contribution in [3.05, 3.63) is 40.7 Å². The topological polar surface area (TPSA) is 77.3 Å². The second-order valence-electron chi connectivity index (χ2n) is 5.30. The molecule has 1 saturated heterocycles. The normalized spacial score (nSPS) is 22.1. The van der Waals surface area contributed by atoms with E-state index in [2.05, 4.69) is 17.2 Å². The Hall–Kier alpha value is -2.21. The number of pyridine rings is 1. The van der Waals surface area contributed by atoms with E-state index in [0.717, 1.165) is 24.1 Å². The lowest BCUT2D eigenvalue weighted by Gasteiger charge is -2.25. The molecule has 1 unspecified atom stereocenters. The van der Waals surface area contributed by atoms with Gasteiger partial charge in [-0.05, 0) is 25.5 Å². The number of rotatable bonds is 3. The molecule has 6 nitrogen and oxygen atoms in total. The number of nitro benzene ring substituents is 1. The highest BCUT2D eigenvalue weighted by atomic mass is 16.6. The first kappa shape index (κ1) is 12.8. The van der Waals surface area contributed by atoms with E-state index in [4.69, 9.17) is 4.74 Å². The maximum absolute atomic E-state index is 11.1. The first-order chi connectivity index (χ1) is 9.59. The first-order valence-electron chi connectivity index (χ1n) is 6.46. The summed E-state index contributed by atoms with van der Waals surface area (Å²) < 4.78 is 5.42. The number of nitrogens with zero attached hydrogens (tertiary/aromatic N) is 2. The van der Waals surface area contributed by atoms with Gasteiger partial charge in [0.2, 0.25) is 0 Å². The van der Waals surface area contributed by atoms with Gasteiger partial charge >= 0.3 is 0 Å². The van der Waals surface area contributed by atoms with Gasteiger partial charge in [-0.15, -0.1) is 0 Å². The van der Waals surface area contributed by atoms with Crippen molar-refractivity contribution < 1.29 is 9.66 Å².